The highest BCUT2D eigenvalue weighted by Gasteiger charge is 2.38. The summed E-state index contributed by atoms with van der Waals surface area (Å²) in [5, 5.41) is 10.9. The van der Waals surface area contributed by atoms with Gasteiger partial charge in [-0.05, 0) is 42.0 Å². The molecular formula is C13H12ClNO. The Hall–Kier alpha value is -1.12. The Morgan fingerprint density at radius 3 is 3.00 bits per heavy atom. The highest BCUT2D eigenvalue weighted by molar-refractivity contribution is 6.35. The molecule has 1 aromatic heterocycles. The maximum atomic E-state index is 9.12. The molecule has 3 heteroatoms. The standard InChI is InChI=1S/C13H12ClNO/c14-12-4-3-9(11-6-8(11)7-16)13-10(12)2-1-5-15-13/h1-5,8,11,16H,6-7H2. The van der Waals surface area contributed by atoms with E-state index in [4.69, 9.17) is 16.7 Å². The SMILES string of the molecule is OCC1CC1c1ccc(Cl)c2cccnc12. The van der Waals surface area contributed by atoms with Crippen LogP contribution in [0.3, 0.4) is 0 Å². The van der Waals surface area contributed by atoms with E-state index in [0.29, 0.717) is 11.8 Å². The van der Waals surface area contributed by atoms with Crippen molar-refractivity contribution in [2.24, 2.45) is 5.92 Å². The quantitative estimate of drug-likeness (QED) is 0.865. The summed E-state index contributed by atoms with van der Waals surface area (Å²) in [6.45, 7) is 0.265. The van der Waals surface area contributed by atoms with Gasteiger partial charge in [0.1, 0.15) is 0 Å². The van der Waals surface area contributed by atoms with Crippen molar-refractivity contribution in [2.75, 3.05) is 6.61 Å². The van der Waals surface area contributed by atoms with Crippen LogP contribution in [0.5, 0.6) is 0 Å². The molecule has 2 aromatic rings. The number of rotatable bonds is 2. The second-order valence-electron chi connectivity index (χ2n) is 4.32. The summed E-state index contributed by atoms with van der Waals surface area (Å²) < 4.78 is 0. The van der Waals surface area contributed by atoms with Crippen LogP contribution in [0.15, 0.2) is 30.5 Å². The van der Waals surface area contributed by atoms with Crippen LogP contribution in [0.1, 0.15) is 17.9 Å². The van der Waals surface area contributed by atoms with Gasteiger partial charge in [-0.2, -0.15) is 0 Å². The van der Waals surface area contributed by atoms with Gasteiger partial charge in [-0.15, -0.1) is 0 Å². The van der Waals surface area contributed by atoms with Crippen LogP contribution in [0.4, 0.5) is 0 Å². The van der Waals surface area contributed by atoms with Crippen molar-refractivity contribution in [2.45, 2.75) is 12.3 Å². The molecule has 3 rings (SSSR count). The number of pyridine rings is 1. The molecule has 16 heavy (non-hydrogen) atoms. The van der Waals surface area contributed by atoms with Gasteiger partial charge in [0.15, 0.2) is 0 Å². The molecule has 2 unspecified atom stereocenters. The van der Waals surface area contributed by atoms with Crippen molar-refractivity contribution in [1.29, 1.82) is 0 Å². The Labute approximate surface area is 98.9 Å². The lowest BCUT2D eigenvalue weighted by molar-refractivity contribution is 0.274. The number of aliphatic hydroxyl groups excluding tert-OH is 1. The summed E-state index contributed by atoms with van der Waals surface area (Å²) in [5.74, 6) is 0.867. The van der Waals surface area contributed by atoms with Crippen molar-refractivity contribution in [3.05, 3.63) is 41.0 Å². The lowest BCUT2D eigenvalue weighted by Gasteiger charge is -2.06. The number of hydrogen-bond donors (Lipinski definition) is 1. The second kappa shape index (κ2) is 3.72. The van der Waals surface area contributed by atoms with Crippen LogP contribution >= 0.6 is 11.6 Å². The van der Waals surface area contributed by atoms with Crippen molar-refractivity contribution in [3.63, 3.8) is 0 Å². The first-order chi connectivity index (χ1) is 7.81. The van der Waals surface area contributed by atoms with E-state index < -0.39 is 0 Å². The Morgan fingerprint density at radius 2 is 2.25 bits per heavy atom. The molecule has 1 aromatic carbocycles. The van der Waals surface area contributed by atoms with Crippen molar-refractivity contribution >= 4 is 22.5 Å². The van der Waals surface area contributed by atoms with Crippen LogP contribution in [-0.4, -0.2) is 16.7 Å². The summed E-state index contributed by atoms with van der Waals surface area (Å²) in [4.78, 5) is 4.41. The molecule has 1 heterocycles. The van der Waals surface area contributed by atoms with E-state index >= 15 is 0 Å². The Balaban J connectivity index is 2.16. The van der Waals surface area contributed by atoms with Gasteiger partial charge in [-0.1, -0.05) is 17.7 Å². The van der Waals surface area contributed by atoms with E-state index in [0.717, 1.165) is 22.3 Å². The smallest absolute Gasteiger partial charge is 0.0751 e. The molecule has 1 aliphatic carbocycles. The van der Waals surface area contributed by atoms with Gasteiger partial charge in [0, 0.05) is 23.2 Å². The number of aliphatic hydroxyl groups is 1. The lowest BCUT2D eigenvalue weighted by Crippen LogP contribution is -1.92. The van der Waals surface area contributed by atoms with E-state index in [1.165, 1.54) is 5.56 Å². The zero-order chi connectivity index (χ0) is 11.1. The second-order valence-corrected chi connectivity index (χ2v) is 4.73. The fourth-order valence-electron chi connectivity index (χ4n) is 2.29. The molecule has 1 saturated carbocycles. The first kappa shape index (κ1) is 10.1. The summed E-state index contributed by atoms with van der Waals surface area (Å²) in [6.07, 6.45) is 2.85. The van der Waals surface area contributed by atoms with Gasteiger partial charge in [0.05, 0.1) is 5.52 Å². The molecule has 0 saturated heterocycles. The first-order valence-electron chi connectivity index (χ1n) is 5.45. The largest absolute Gasteiger partial charge is 0.396 e. The number of aromatic nitrogens is 1. The summed E-state index contributed by atoms with van der Waals surface area (Å²) >= 11 is 6.13. The number of fused-ring (bicyclic) bond motifs is 1. The normalized spacial score (nSPS) is 23.6. The minimum atomic E-state index is 0.265. The molecule has 2 atom stereocenters. The third-order valence-electron chi connectivity index (χ3n) is 3.30. The molecule has 0 aliphatic heterocycles. The molecular weight excluding hydrogens is 222 g/mol. The molecule has 1 N–H and O–H groups in total. The van der Waals surface area contributed by atoms with Crippen LogP contribution in [0, 0.1) is 5.92 Å². The molecule has 1 aliphatic rings. The fourth-order valence-corrected chi connectivity index (χ4v) is 2.50. The molecule has 0 radical (unpaired) electrons. The number of hydrogen-bond acceptors (Lipinski definition) is 2. The Kier molecular flexibility index (Phi) is 2.34. The molecule has 2 nitrogen and oxygen atoms in total. The molecule has 0 bridgehead atoms. The van der Waals surface area contributed by atoms with Gasteiger partial charge in [0.2, 0.25) is 0 Å². The topological polar surface area (TPSA) is 33.1 Å². The monoisotopic (exact) mass is 233 g/mol. The fraction of sp³-hybridized carbons (Fsp3) is 0.308. The third kappa shape index (κ3) is 1.49. The Morgan fingerprint density at radius 1 is 1.38 bits per heavy atom. The zero-order valence-electron chi connectivity index (χ0n) is 8.73. The predicted molar refractivity (Wildman–Crippen MR) is 64.7 cm³/mol. The number of benzene rings is 1. The van der Waals surface area contributed by atoms with E-state index in [1.54, 1.807) is 6.20 Å². The van der Waals surface area contributed by atoms with E-state index in [1.807, 2.05) is 24.3 Å². The van der Waals surface area contributed by atoms with Crippen LogP contribution < -0.4 is 0 Å². The van der Waals surface area contributed by atoms with Crippen molar-refractivity contribution in [3.8, 4) is 0 Å². The minimum absolute atomic E-state index is 0.265. The van der Waals surface area contributed by atoms with Crippen LogP contribution in [0.25, 0.3) is 10.9 Å². The summed E-state index contributed by atoms with van der Waals surface area (Å²) in [6, 6.07) is 7.85. The molecule has 0 spiro atoms. The van der Waals surface area contributed by atoms with Gasteiger partial charge in [-0.25, -0.2) is 0 Å². The van der Waals surface area contributed by atoms with E-state index in [-0.39, 0.29) is 6.61 Å². The van der Waals surface area contributed by atoms with Crippen molar-refractivity contribution in [1.82, 2.24) is 4.98 Å². The van der Waals surface area contributed by atoms with Gasteiger partial charge < -0.3 is 5.11 Å². The van der Waals surface area contributed by atoms with Crippen molar-refractivity contribution < 1.29 is 5.11 Å². The average molecular weight is 234 g/mol. The van der Waals surface area contributed by atoms with Crippen LogP contribution in [0.2, 0.25) is 5.02 Å². The van der Waals surface area contributed by atoms with Crippen LogP contribution in [-0.2, 0) is 0 Å². The minimum Gasteiger partial charge on any atom is -0.396 e. The highest BCUT2D eigenvalue weighted by Crippen LogP contribution is 2.49. The number of nitrogens with zero attached hydrogens (tertiary/aromatic N) is 1. The predicted octanol–water partition coefficient (Wildman–Crippen LogP) is 2.98. The van der Waals surface area contributed by atoms with Gasteiger partial charge >= 0.3 is 0 Å². The molecule has 0 amide bonds. The third-order valence-corrected chi connectivity index (χ3v) is 3.63. The highest BCUT2D eigenvalue weighted by atomic mass is 35.5. The summed E-state index contributed by atoms with van der Waals surface area (Å²) in [5.41, 5.74) is 2.20. The summed E-state index contributed by atoms with van der Waals surface area (Å²) in [7, 11) is 0. The molecule has 1 fully saturated rings. The lowest BCUT2D eigenvalue weighted by atomic mass is 10.0. The van der Waals surface area contributed by atoms with E-state index in [2.05, 4.69) is 4.98 Å². The molecule has 82 valence electrons. The first-order valence-corrected chi connectivity index (χ1v) is 5.83. The van der Waals surface area contributed by atoms with Gasteiger partial charge in [-0.3, -0.25) is 4.98 Å². The van der Waals surface area contributed by atoms with E-state index in [9.17, 15) is 0 Å². The number of halogens is 1. The Bertz CT molecular complexity index is 540. The van der Waals surface area contributed by atoms with Gasteiger partial charge in [0.25, 0.3) is 0 Å². The average Bonchev–Trinajstić information content (AvgIpc) is 3.09. The maximum absolute atomic E-state index is 9.12. The maximum Gasteiger partial charge on any atom is 0.0751 e. The zero-order valence-corrected chi connectivity index (χ0v) is 9.48.